The van der Waals surface area contributed by atoms with Gasteiger partial charge in [-0.05, 0) is 37.9 Å². The number of aryl methyl sites for hydroxylation is 2. The highest BCUT2D eigenvalue weighted by Gasteiger charge is 2.11. The van der Waals surface area contributed by atoms with Gasteiger partial charge in [-0.2, -0.15) is 5.26 Å². The van der Waals surface area contributed by atoms with Gasteiger partial charge in [-0.15, -0.1) is 0 Å². The normalized spacial score (nSPS) is 12.1. The van der Waals surface area contributed by atoms with Crippen LogP contribution in [0.25, 0.3) is 0 Å². The molecule has 0 bridgehead atoms. The van der Waals surface area contributed by atoms with Gasteiger partial charge in [-0.1, -0.05) is 30.7 Å². The number of nitrogens with zero attached hydrogens (tertiary/aromatic N) is 1. The van der Waals surface area contributed by atoms with Crippen LogP contribution in [0, 0.1) is 25.2 Å². The number of rotatable bonds is 4. The number of nitriles is 1. The SMILES string of the molecule is CCCNC(C#N)c1ccc(C)cc1C. The molecule has 0 aliphatic carbocycles. The predicted molar refractivity (Wildman–Crippen MR) is 62.6 cm³/mol. The zero-order valence-electron chi connectivity index (χ0n) is 9.67. The first-order valence-electron chi connectivity index (χ1n) is 5.39. The van der Waals surface area contributed by atoms with Crippen LogP contribution in [0.4, 0.5) is 0 Å². The third kappa shape index (κ3) is 3.07. The van der Waals surface area contributed by atoms with Gasteiger partial charge in [-0.25, -0.2) is 0 Å². The van der Waals surface area contributed by atoms with E-state index in [1.807, 2.05) is 6.07 Å². The van der Waals surface area contributed by atoms with Gasteiger partial charge < -0.3 is 0 Å². The van der Waals surface area contributed by atoms with Crippen molar-refractivity contribution in [2.45, 2.75) is 33.2 Å². The molecule has 1 rings (SSSR count). The van der Waals surface area contributed by atoms with E-state index in [0.717, 1.165) is 18.5 Å². The molecule has 0 saturated heterocycles. The Morgan fingerprint density at radius 1 is 1.40 bits per heavy atom. The van der Waals surface area contributed by atoms with Crippen LogP contribution >= 0.6 is 0 Å². The van der Waals surface area contributed by atoms with Gasteiger partial charge in [0.15, 0.2) is 0 Å². The Morgan fingerprint density at radius 3 is 2.67 bits per heavy atom. The van der Waals surface area contributed by atoms with E-state index < -0.39 is 0 Å². The Hall–Kier alpha value is -1.33. The topological polar surface area (TPSA) is 35.8 Å². The maximum atomic E-state index is 9.09. The fourth-order valence-corrected chi connectivity index (χ4v) is 1.66. The monoisotopic (exact) mass is 202 g/mol. The molecule has 0 aliphatic heterocycles. The van der Waals surface area contributed by atoms with Gasteiger partial charge in [-0.3, -0.25) is 5.32 Å². The van der Waals surface area contributed by atoms with E-state index in [1.54, 1.807) is 0 Å². The summed E-state index contributed by atoms with van der Waals surface area (Å²) < 4.78 is 0. The molecule has 2 heteroatoms. The van der Waals surface area contributed by atoms with Crippen molar-refractivity contribution in [3.63, 3.8) is 0 Å². The molecule has 0 heterocycles. The number of benzene rings is 1. The highest BCUT2D eigenvalue weighted by molar-refractivity contribution is 5.35. The second kappa shape index (κ2) is 5.53. The number of hydrogen-bond donors (Lipinski definition) is 1. The summed E-state index contributed by atoms with van der Waals surface area (Å²) >= 11 is 0. The molecule has 1 unspecified atom stereocenters. The maximum Gasteiger partial charge on any atom is 0.121 e. The summed E-state index contributed by atoms with van der Waals surface area (Å²) in [7, 11) is 0. The van der Waals surface area contributed by atoms with Gasteiger partial charge in [0.2, 0.25) is 0 Å². The van der Waals surface area contributed by atoms with Crippen molar-refractivity contribution in [3.05, 3.63) is 34.9 Å². The Kier molecular flexibility index (Phi) is 4.33. The molecule has 1 N–H and O–H groups in total. The maximum absolute atomic E-state index is 9.09. The molecule has 80 valence electrons. The van der Waals surface area contributed by atoms with E-state index >= 15 is 0 Å². The van der Waals surface area contributed by atoms with E-state index in [2.05, 4.69) is 44.3 Å². The molecular formula is C13H18N2. The Labute approximate surface area is 91.9 Å². The van der Waals surface area contributed by atoms with E-state index in [0.29, 0.717) is 0 Å². The van der Waals surface area contributed by atoms with Crippen molar-refractivity contribution < 1.29 is 0 Å². The molecule has 0 aliphatic rings. The molecule has 0 radical (unpaired) electrons. The van der Waals surface area contributed by atoms with E-state index in [4.69, 9.17) is 5.26 Å². The quantitative estimate of drug-likeness (QED) is 0.815. The molecule has 1 aromatic rings. The van der Waals surface area contributed by atoms with Crippen molar-refractivity contribution in [1.29, 1.82) is 5.26 Å². The van der Waals surface area contributed by atoms with E-state index in [-0.39, 0.29) is 6.04 Å². The molecule has 0 fully saturated rings. The van der Waals surface area contributed by atoms with E-state index in [1.165, 1.54) is 11.1 Å². The minimum absolute atomic E-state index is 0.175. The van der Waals surface area contributed by atoms with Crippen LogP contribution in [0.5, 0.6) is 0 Å². The lowest BCUT2D eigenvalue weighted by atomic mass is 10.00. The summed E-state index contributed by atoms with van der Waals surface area (Å²) in [6, 6.07) is 8.34. The third-order valence-corrected chi connectivity index (χ3v) is 2.46. The zero-order valence-corrected chi connectivity index (χ0v) is 9.67. The van der Waals surface area contributed by atoms with Crippen molar-refractivity contribution in [3.8, 4) is 6.07 Å². The van der Waals surface area contributed by atoms with E-state index in [9.17, 15) is 0 Å². The van der Waals surface area contributed by atoms with Gasteiger partial charge in [0.05, 0.1) is 6.07 Å². The second-order valence-electron chi connectivity index (χ2n) is 3.88. The minimum atomic E-state index is -0.175. The fourth-order valence-electron chi connectivity index (χ4n) is 1.66. The minimum Gasteiger partial charge on any atom is -0.298 e. The van der Waals surface area contributed by atoms with Gasteiger partial charge in [0.25, 0.3) is 0 Å². The van der Waals surface area contributed by atoms with Crippen LogP contribution in [0.2, 0.25) is 0 Å². The van der Waals surface area contributed by atoms with Crippen molar-refractivity contribution >= 4 is 0 Å². The predicted octanol–water partition coefficient (Wildman–Crippen LogP) is 2.87. The average molecular weight is 202 g/mol. The summed E-state index contributed by atoms with van der Waals surface area (Å²) in [6.07, 6.45) is 1.04. The molecule has 2 nitrogen and oxygen atoms in total. The second-order valence-corrected chi connectivity index (χ2v) is 3.88. The van der Waals surface area contributed by atoms with Crippen molar-refractivity contribution in [2.24, 2.45) is 0 Å². The van der Waals surface area contributed by atoms with Gasteiger partial charge in [0.1, 0.15) is 6.04 Å². The Bertz CT molecular complexity index is 363. The third-order valence-electron chi connectivity index (χ3n) is 2.46. The van der Waals surface area contributed by atoms with Gasteiger partial charge in [0, 0.05) is 0 Å². The standard InChI is InChI=1S/C13H18N2/c1-4-7-15-13(9-14)12-6-5-10(2)8-11(12)3/h5-6,8,13,15H,4,7H2,1-3H3. The smallest absolute Gasteiger partial charge is 0.121 e. The van der Waals surface area contributed by atoms with Crippen molar-refractivity contribution in [2.75, 3.05) is 6.54 Å². The molecule has 15 heavy (non-hydrogen) atoms. The first-order chi connectivity index (χ1) is 7.19. The summed E-state index contributed by atoms with van der Waals surface area (Å²) in [5.41, 5.74) is 3.52. The molecule has 0 saturated carbocycles. The Morgan fingerprint density at radius 2 is 2.13 bits per heavy atom. The van der Waals surface area contributed by atoms with Gasteiger partial charge >= 0.3 is 0 Å². The summed E-state index contributed by atoms with van der Waals surface area (Å²) in [5.74, 6) is 0. The first-order valence-corrected chi connectivity index (χ1v) is 5.39. The molecule has 0 amide bonds. The summed E-state index contributed by atoms with van der Waals surface area (Å²) in [6.45, 7) is 7.10. The lowest BCUT2D eigenvalue weighted by Crippen LogP contribution is -2.21. The zero-order chi connectivity index (χ0) is 11.3. The lowest BCUT2D eigenvalue weighted by Gasteiger charge is -2.14. The average Bonchev–Trinajstić information content (AvgIpc) is 2.21. The molecule has 1 atom stereocenters. The lowest BCUT2D eigenvalue weighted by molar-refractivity contribution is 0.619. The molecule has 1 aromatic carbocycles. The number of nitrogens with one attached hydrogen (secondary N) is 1. The van der Waals surface area contributed by atoms with Crippen LogP contribution < -0.4 is 5.32 Å². The molecule has 0 aromatic heterocycles. The molecular weight excluding hydrogens is 184 g/mol. The summed E-state index contributed by atoms with van der Waals surface area (Å²) in [4.78, 5) is 0. The van der Waals surface area contributed by atoms with Crippen LogP contribution in [0.1, 0.15) is 36.1 Å². The summed E-state index contributed by atoms with van der Waals surface area (Å²) in [5, 5.41) is 12.3. The largest absolute Gasteiger partial charge is 0.298 e. The van der Waals surface area contributed by atoms with Crippen molar-refractivity contribution in [1.82, 2.24) is 5.32 Å². The van der Waals surface area contributed by atoms with Crippen LogP contribution in [0.15, 0.2) is 18.2 Å². The number of hydrogen-bond acceptors (Lipinski definition) is 2. The van der Waals surface area contributed by atoms with Crippen LogP contribution in [0.3, 0.4) is 0 Å². The highest BCUT2D eigenvalue weighted by atomic mass is 14.9. The fraction of sp³-hybridized carbons (Fsp3) is 0.462. The van der Waals surface area contributed by atoms with Crippen LogP contribution in [-0.2, 0) is 0 Å². The first kappa shape index (κ1) is 11.7. The highest BCUT2D eigenvalue weighted by Crippen LogP contribution is 2.18. The van der Waals surface area contributed by atoms with Crippen LogP contribution in [-0.4, -0.2) is 6.54 Å². The Balaban J connectivity index is 2.88. The molecule has 0 spiro atoms.